The van der Waals surface area contributed by atoms with Crippen molar-refractivity contribution in [1.82, 2.24) is 24.6 Å². The highest BCUT2D eigenvalue weighted by Crippen LogP contribution is 2.16. The van der Waals surface area contributed by atoms with Gasteiger partial charge < -0.3 is 9.88 Å². The molecule has 1 N–H and O–H groups in total. The summed E-state index contributed by atoms with van der Waals surface area (Å²) in [6.07, 6.45) is 3.33. The molecule has 0 fully saturated rings. The van der Waals surface area contributed by atoms with Crippen molar-refractivity contribution in [3.05, 3.63) is 70.4 Å². The van der Waals surface area contributed by atoms with Crippen molar-refractivity contribution in [2.24, 2.45) is 14.1 Å². The zero-order valence-electron chi connectivity index (χ0n) is 13.4. The second kappa shape index (κ2) is 6.49. The molecular formula is C17H17N5O2. The van der Waals surface area contributed by atoms with Gasteiger partial charge in [0, 0.05) is 26.5 Å². The van der Waals surface area contributed by atoms with Gasteiger partial charge in [0.15, 0.2) is 0 Å². The summed E-state index contributed by atoms with van der Waals surface area (Å²) in [6, 6.07) is 10.7. The molecule has 1 amide bonds. The molecule has 3 rings (SSSR count). The fraction of sp³-hybridized carbons (Fsp3) is 0.176. The lowest BCUT2D eigenvalue weighted by Gasteiger charge is -2.04. The molecule has 122 valence electrons. The Morgan fingerprint density at radius 2 is 2.04 bits per heavy atom. The summed E-state index contributed by atoms with van der Waals surface area (Å²) in [4.78, 5) is 28.4. The van der Waals surface area contributed by atoms with Crippen LogP contribution in [0.15, 0.2) is 53.6 Å². The number of carbonyl (C=O) groups is 1. The Labute approximate surface area is 138 Å². The van der Waals surface area contributed by atoms with E-state index in [0.717, 1.165) is 11.4 Å². The number of rotatable bonds is 4. The average molecular weight is 323 g/mol. The molecular weight excluding hydrogens is 306 g/mol. The summed E-state index contributed by atoms with van der Waals surface area (Å²) in [5.74, 6) is -0.416. The third-order valence-corrected chi connectivity index (χ3v) is 3.66. The number of aromatic nitrogens is 4. The Kier molecular flexibility index (Phi) is 4.24. The molecule has 3 aromatic rings. The lowest BCUT2D eigenvalue weighted by atomic mass is 10.2. The first kappa shape index (κ1) is 15.7. The minimum Gasteiger partial charge on any atom is -0.346 e. The molecule has 24 heavy (non-hydrogen) atoms. The number of carbonyl (C=O) groups excluding carboxylic acids is 1. The lowest BCUT2D eigenvalue weighted by molar-refractivity contribution is 0.0948. The van der Waals surface area contributed by atoms with Crippen LogP contribution in [0, 0.1) is 0 Å². The molecule has 0 aliphatic heterocycles. The molecule has 0 aliphatic carbocycles. The first-order valence-electron chi connectivity index (χ1n) is 7.44. The summed E-state index contributed by atoms with van der Waals surface area (Å²) < 4.78 is 3.08. The molecule has 0 spiro atoms. The van der Waals surface area contributed by atoms with Crippen molar-refractivity contribution in [1.29, 1.82) is 0 Å². The number of nitrogens with zero attached hydrogens (tertiary/aromatic N) is 4. The SMILES string of the molecule is Cn1nc(CNC(=O)c2cccn(C)c2=O)cc1-c1ccccn1. The molecule has 7 heteroatoms. The van der Waals surface area contributed by atoms with Gasteiger partial charge in [-0.3, -0.25) is 19.3 Å². The Balaban J connectivity index is 1.75. The smallest absolute Gasteiger partial charge is 0.263 e. The van der Waals surface area contributed by atoms with Crippen LogP contribution >= 0.6 is 0 Å². The van der Waals surface area contributed by atoms with E-state index >= 15 is 0 Å². The molecule has 0 radical (unpaired) electrons. The molecule has 0 unspecified atom stereocenters. The van der Waals surface area contributed by atoms with Crippen LogP contribution in [0.5, 0.6) is 0 Å². The quantitative estimate of drug-likeness (QED) is 0.780. The van der Waals surface area contributed by atoms with Crippen LogP contribution in [0.25, 0.3) is 11.4 Å². The van der Waals surface area contributed by atoms with Crippen molar-refractivity contribution < 1.29 is 4.79 Å². The Hall–Kier alpha value is -3.22. The van der Waals surface area contributed by atoms with Gasteiger partial charge in [0.1, 0.15) is 5.56 Å². The van der Waals surface area contributed by atoms with Gasteiger partial charge in [0.05, 0.1) is 23.6 Å². The van der Waals surface area contributed by atoms with E-state index in [4.69, 9.17) is 0 Å². The first-order valence-corrected chi connectivity index (χ1v) is 7.44. The molecule has 7 nitrogen and oxygen atoms in total. The molecule has 3 aromatic heterocycles. The molecule has 0 saturated carbocycles. The van der Waals surface area contributed by atoms with Gasteiger partial charge in [-0.25, -0.2) is 0 Å². The third kappa shape index (κ3) is 3.10. The van der Waals surface area contributed by atoms with E-state index in [9.17, 15) is 9.59 Å². The average Bonchev–Trinajstić information content (AvgIpc) is 2.97. The molecule has 0 aromatic carbocycles. The monoisotopic (exact) mass is 323 g/mol. The van der Waals surface area contributed by atoms with Crippen LogP contribution in [-0.4, -0.2) is 25.2 Å². The van der Waals surface area contributed by atoms with Gasteiger partial charge >= 0.3 is 0 Å². The molecule has 0 saturated heterocycles. The van der Waals surface area contributed by atoms with Crippen LogP contribution in [-0.2, 0) is 20.6 Å². The molecule has 0 aliphatic rings. The zero-order chi connectivity index (χ0) is 17.1. The topological polar surface area (TPSA) is 81.8 Å². The Bertz CT molecular complexity index is 928. The standard InChI is InChI=1S/C17H17N5O2/c1-21-9-5-6-13(17(21)24)16(23)19-11-12-10-15(22(2)20-12)14-7-3-4-8-18-14/h3-10H,11H2,1-2H3,(H,19,23). The van der Waals surface area contributed by atoms with Crippen molar-refractivity contribution in [2.75, 3.05) is 0 Å². The van der Waals surface area contributed by atoms with Gasteiger partial charge in [-0.05, 0) is 30.3 Å². The minimum absolute atomic E-state index is 0.112. The number of hydrogen-bond acceptors (Lipinski definition) is 4. The van der Waals surface area contributed by atoms with Gasteiger partial charge in [-0.2, -0.15) is 5.10 Å². The van der Waals surface area contributed by atoms with Crippen LogP contribution in [0.3, 0.4) is 0 Å². The fourth-order valence-electron chi connectivity index (χ4n) is 2.40. The second-order valence-electron chi connectivity index (χ2n) is 5.38. The van der Waals surface area contributed by atoms with Crippen LogP contribution in [0.4, 0.5) is 0 Å². The number of pyridine rings is 2. The van der Waals surface area contributed by atoms with E-state index in [2.05, 4.69) is 15.4 Å². The van der Waals surface area contributed by atoms with Gasteiger partial charge in [-0.15, -0.1) is 0 Å². The Morgan fingerprint density at radius 1 is 1.21 bits per heavy atom. The van der Waals surface area contributed by atoms with Crippen LogP contribution in [0.2, 0.25) is 0 Å². The maximum Gasteiger partial charge on any atom is 0.263 e. The number of aryl methyl sites for hydroxylation is 2. The highest BCUT2D eigenvalue weighted by Gasteiger charge is 2.13. The lowest BCUT2D eigenvalue weighted by Crippen LogP contribution is -2.31. The summed E-state index contributed by atoms with van der Waals surface area (Å²) in [7, 11) is 3.43. The predicted octanol–water partition coefficient (Wildman–Crippen LogP) is 1.11. The van der Waals surface area contributed by atoms with E-state index < -0.39 is 5.91 Å². The number of nitrogens with one attached hydrogen (secondary N) is 1. The normalized spacial score (nSPS) is 10.6. The van der Waals surface area contributed by atoms with E-state index in [1.54, 1.807) is 30.2 Å². The van der Waals surface area contributed by atoms with E-state index in [1.807, 2.05) is 31.3 Å². The van der Waals surface area contributed by atoms with E-state index in [-0.39, 0.29) is 17.7 Å². The summed E-state index contributed by atoms with van der Waals surface area (Å²) in [5, 5.41) is 7.10. The first-order chi connectivity index (χ1) is 11.6. The number of amides is 1. The molecule has 0 atom stereocenters. The van der Waals surface area contributed by atoms with Crippen molar-refractivity contribution in [3.63, 3.8) is 0 Å². The van der Waals surface area contributed by atoms with E-state index in [1.165, 1.54) is 10.6 Å². The summed E-state index contributed by atoms with van der Waals surface area (Å²) in [6.45, 7) is 0.234. The van der Waals surface area contributed by atoms with Crippen molar-refractivity contribution in [3.8, 4) is 11.4 Å². The highest BCUT2D eigenvalue weighted by molar-refractivity contribution is 5.93. The van der Waals surface area contributed by atoms with Crippen LogP contribution in [0.1, 0.15) is 16.1 Å². The van der Waals surface area contributed by atoms with Crippen LogP contribution < -0.4 is 10.9 Å². The minimum atomic E-state index is -0.416. The van der Waals surface area contributed by atoms with Gasteiger partial charge in [0.2, 0.25) is 0 Å². The van der Waals surface area contributed by atoms with Gasteiger partial charge in [0.25, 0.3) is 11.5 Å². The van der Waals surface area contributed by atoms with E-state index in [0.29, 0.717) is 5.69 Å². The molecule has 0 bridgehead atoms. The maximum absolute atomic E-state index is 12.2. The van der Waals surface area contributed by atoms with Gasteiger partial charge in [-0.1, -0.05) is 6.07 Å². The highest BCUT2D eigenvalue weighted by atomic mass is 16.2. The summed E-state index contributed by atoms with van der Waals surface area (Å²) >= 11 is 0. The number of hydrogen-bond donors (Lipinski definition) is 1. The third-order valence-electron chi connectivity index (χ3n) is 3.66. The van der Waals surface area contributed by atoms with Crippen molar-refractivity contribution in [2.45, 2.75) is 6.54 Å². The zero-order valence-corrected chi connectivity index (χ0v) is 13.4. The maximum atomic E-state index is 12.2. The fourth-order valence-corrected chi connectivity index (χ4v) is 2.40. The summed E-state index contributed by atoms with van der Waals surface area (Å²) in [5.41, 5.74) is 2.14. The predicted molar refractivity (Wildman–Crippen MR) is 89.3 cm³/mol. The second-order valence-corrected chi connectivity index (χ2v) is 5.38. The van der Waals surface area contributed by atoms with Crippen molar-refractivity contribution >= 4 is 5.91 Å². The largest absolute Gasteiger partial charge is 0.346 e. The Morgan fingerprint density at radius 3 is 2.79 bits per heavy atom. The molecule has 3 heterocycles.